The molecule has 0 aromatic rings. The van der Waals surface area contributed by atoms with Crippen molar-refractivity contribution in [1.29, 1.82) is 0 Å². The minimum atomic E-state index is 0.339. The Balaban J connectivity index is 1.95. The molecule has 2 saturated carbocycles. The summed E-state index contributed by atoms with van der Waals surface area (Å²) in [7, 11) is 0.339. The van der Waals surface area contributed by atoms with Gasteiger partial charge in [0.25, 0.3) is 0 Å². The Kier molecular flexibility index (Phi) is 9.35. The van der Waals surface area contributed by atoms with Crippen LogP contribution in [0.25, 0.3) is 0 Å². The third-order valence-corrected chi connectivity index (χ3v) is 9.60. The fourth-order valence-corrected chi connectivity index (χ4v) is 8.60. The van der Waals surface area contributed by atoms with Crippen molar-refractivity contribution >= 4 is 7.92 Å². The maximum absolute atomic E-state index is 2.39. The molecule has 0 aliphatic heterocycles. The lowest BCUT2D eigenvalue weighted by atomic mass is 10.00. The molecule has 2 aliphatic rings. The van der Waals surface area contributed by atoms with Gasteiger partial charge < -0.3 is 0 Å². The van der Waals surface area contributed by atoms with Gasteiger partial charge >= 0.3 is 0 Å². The van der Waals surface area contributed by atoms with Crippen molar-refractivity contribution in [3.8, 4) is 0 Å². The molecule has 0 saturated heterocycles. The smallest absolute Gasteiger partial charge is 0.0207 e. The lowest BCUT2D eigenvalue weighted by molar-refractivity contribution is 0.488. The third-order valence-electron chi connectivity index (χ3n) is 5.86. The van der Waals surface area contributed by atoms with Crippen LogP contribution in [0.2, 0.25) is 0 Å². The molecule has 0 aromatic carbocycles. The van der Waals surface area contributed by atoms with Crippen molar-refractivity contribution in [3.05, 3.63) is 0 Å². The van der Waals surface area contributed by atoms with Crippen molar-refractivity contribution < 1.29 is 0 Å². The van der Waals surface area contributed by atoms with Gasteiger partial charge in [-0.3, -0.25) is 0 Å². The summed E-state index contributed by atoms with van der Waals surface area (Å²) >= 11 is 0. The molecular weight excluding hydrogens is 271 g/mol. The highest BCUT2D eigenvalue weighted by Gasteiger charge is 2.28. The van der Waals surface area contributed by atoms with Crippen LogP contribution in [-0.2, 0) is 0 Å². The van der Waals surface area contributed by atoms with E-state index in [1.807, 2.05) is 0 Å². The van der Waals surface area contributed by atoms with Crippen molar-refractivity contribution in [2.75, 3.05) is 6.16 Å². The average Bonchev–Trinajstić information content (AvgIpc) is 2.41. The van der Waals surface area contributed by atoms with Gasteiger partial charge in [0.2, 0.25) is 0 Å². The van der Waals surface area contributed by atoms with E-state index in [4.69, 9.17) is 0 Å². The van der Waals surface area contributed by atoms with Crippen LogP contribution in [0.3, 0.4) is 0 Å². The van der Waals surface area contributed by atoms with E-state index in [-0.39, 0.29) is 0 Å². The Morgan fingerprint density at radius 1 is 0.619 bits per heavy atom. The number of unbranched alkanes of at least 4 members (excludes halogenated alkanes) is 1. The number of rotatable bonds is 5. The molecule has 0 N–H and O–H groups in total. The highest BCUT2D eigenvalue weighted by atomic mass is 31.1. The van der Waals surface area contributed by atoms with Crippen LogP contribution in [0.15, 0.2) is 0 Å². The first-order valence-corrected chi connectivity index (χ1v) is 11.8. The number of hydrogen-bond acceptors (Lipinski definition) is 0. The summed E-state index contributed by atoms with van der Waals surface area (Å²) in [6.45, 7) is 2.39. The third kappa shape index (κ3) is 6.60. The van der Waals surface area contributed by atoms with E-state index in [9.17, 15) is 0 Å². The molecule has 0 atom stereocenters. The second kappa shape index (κ2) is 11.0. The Morgan fingerprint density at radius 3 is 1.38 bits per heavy atom. The van der Waals surface area contributed by atoms with Crippen molar-refractivity contribution in [2.24, 2.45) is 0 Å². The predicted octanol–water partition coefficient (Wildman–Crippen LogP) is 7.49. The van der Waals surface area contributed by atoms with Gasteiger partial charge in [0.05, 0.1) is 0 Å². The van der Waals surface area contributed by atoms with Gasteiger partial charge in [0.1, 0.15) is 0 Å². The van der Waals surface area contributed by atoms with Crippen LogP contribution >= 0.6 is 7.92 Å². The lowest BCUT2D eigenvalue weighted by Crippen LogP contribution is -2.20. The van der Waals surface area contributed by atoms with Crippen LogP contribution in [0.5, 0.6) is 0 Å². The molecule has 0 spiro atoms. The van der Waals surface area contributed by atoms with E-state index in [0.717, 1.165) is 11.3 Å². The van der Waals surface area contributed by atoms with Crippen molar-refractivity contribution in [2.45, 2.75) is 121 Å². The second-order valence-corrected chi connectivity index (χ2v) is 10.5. The molecule has 2 fully saturated rings. The summed E-state index contributed by atoms with van der Waals surface area (Å²) in [6.07, 6.45) is 26.2. The Hall–Kier alpha value is 0.430. The SMILES string of the molecule is CCCCP(C1CCCCCCC1)C1CCCCCCC1. The average molecular weight is 311 g/mol. The van der Waals surface area contributed by atoms with Gasteiger partial charge in [-0.1, -0.05) is 77.6 Å². The van der Waals surface area contributed by atoms with E-state index in [1.54, 1.807) is 57.5 Å². The van der Waals surface area contributed by atoms with Crippen molar-refractivity contribution in [3.63, 3.8) is 0 Å². The van der Waals surface area contributed by atoms with Crippen LogP contribution in [-0.4, -0.2) is 17.5 Å². The summed E-state index contributed by atoms with van der Waals surface area (Å²) in [6, 6.07) is 0. The Labute approximate surface area is 135 Å². The predicted molar refractivity (Wildman–Crippen MR) is 98.9 cm³/mol. The highest BCUT2D eigenvalue weighted by molar-refractivity contribution is 7.59. The molecule has 0 radical (unpaired) electrons. The summed E-state index contributed by atoms with van der Waals surface area (Å²) in [5.41, 5.74) is 2.30. The maximum atomic E-state index is 2.39. The molecule has 2 aliphatic carbocycles. The molecule has 0 heterocycles. The van der Waals surface area contributed by atoms with Crippen LogP contribution in [0.1, 0.15) is 110 Å². The van der Waals surface area contributed by atoms with E-state index in [1.165, 1.54) is 51.4 Å². The van der Waals surface area contributed by atoms with Crippen molar-refractivity contribution in [1.82, 2.24) is 0 Å². The molecule has 0 unspecified atom stereocenters. The van der Waals surface area contributed by atoms with Gasteiger partial charge in [0.15, 0.2) is 0 Å². The molecule has 0 amide bonds. The first kappa shape index (κ1) is 17.8. The second-order valence-electron chi connectivity index (χ2n) is 7.59. The highest BCUT2D eigenvalue weighted by Crippen LogP contribution is 2.54. The summed E-state index contributed by atoms with van der Waals surface area (Å²) in [4.78, 5) is 0. The molecule has 124 valence electrons. The first-order chi connectivity index (χ1) is 10.4. The zero-order chi connectivity index (χ0) is 14.8. The van der Waals surface area contributed by atoms with Gasteiger partial charge in [-0.2, -0.15) is 0 Å². The molecule has 1 heteroatoms. The summed E-state index contributed by atoms with van der Waals surface area (Å²) in [5, 5.41) is 0. The van der Waals surface area contributed by atoms with E-state index < -0.39 is 0 Å². The quantitative estimate of drug-likeness (QED) is 0.461. The van der Waals surface area contributed by atoms with E-state index in [2.05, 4.69) is 6.92 Å². The topological polar surface area (TPSA) is 0 Å². The Morgan fingerprint density at radius 2 is 1.00 bits per heavy atom. The molecule has 0 bridgehead atoms. The molecular formula is C20H39P. The monoisotopic (exact) mass is 310 g/mol. The fourth-order valence-electron chi connectivity index (χ4n) is 4.54. The fraction of sp³-hybridized carbons (Fsp3) is 1.00. The largest absolute Gasteiger partial charge is 0.100 e. The van der Waals surface area contributed by atoms with Crippen LogP contribution in [0, 0.1) is 0 Å². The zero-order valence-electron chi connectivity index (χ0n) is 14.6. The van der Waals surface area contributed by atoms with Gasteiger partial charge in [-0.05, 0) is 49.6 Å². The molecule has 21 heavy (non-hydrogen) atoms. The van der Waals surface area contributed by atoms with Crippen LogP contribution in [0.4, 0.5) is 0 Å². The van der Waals surface area contributed by atoms with E-state index in [0.29, 0.717) is 7.92 Å². The first-order valence-electron chi connectivity index (χ1n) is 10.2. The molecule has 0 nitrogen and oxygen atoms in total. The summed E-state index contributed by atoms with van der Waals surface area (Å²) < 4.78 is 0. The van der Waals surface area contributed by atoms with E-state index >= 15 is 0 Å². The van der Waals surface area contributed by atoms with Gasteiger partial charge in [0, 0.05) is 0 Å². The van der Waals surface area contributed by atoms with Gasteiger partial charge in [-0.25, -0.2) is 0 Å². The minimum absolute atomic E-state index is 0.339. The Bertz CT molecular complexity index is 212. The van der Waals surface area contributed by atoms with Crippen LogP contribution < -0.4 is 0 Å². The summed E-state index contributed by atoms with van der Waals surface area (Å²) in [5.74, 6) is 0. The zero-order valence-corrected chi connectivity index (χ0v) is 15.5. The maximum Gasteiger partial charge on any atom is -0.0207 e. The molecule has 2 rings (SSSR count). The normalized spacial score (nSPS) is 24.3. The standard InChI is InChI=1S/C20H39P/c1-2-3-18-21(19-14-10-6-4-7-11-15-19)20-16-12-8-5-9-13-17-20/h19-20H,2-18H2,1H3. The van der Waals surface area contributed by atoms with Gasteiger partial charge in [-0.15, -0.1) is 7.92 Å². The minimum Gasteiger partial charge on any atom is -0.100 e. The lowest BCUT2D eigenvalue weighted by Gasteiger charge is -2.37. The molecule has 0 aromatic heterocycles. The number of hydrogen-bond donors (Lipinski definition) is 0.